The summed E-state index contributed by atoms with van der Waals surface area (Å²) in [6.07, 6.45) is -0.0267. The molecule has 0 radical (unpaired) electrons. The lowest BCUT2D eigenvalue weighted by molar-refractivity contribution is -0.274. The van der Waals surface area contributed by atoms with Crippen LogP contribution in [-0.2, 0) is 45.4 Å². The number of fused-ring (bicyclic) bond motifs is 1. The van der Waals surface area contributed by atoms with E-state index in [1.165, 1.54) is 37.4 Å². The summed E-state index contributed by atoms with van der Waals surface area (Å²) in [5, 5.41) is 0. The third-order valence-corrected chi connectivity index (χ3v) is 8.10. The second kappa shape index (κ2) is 12.2. The lowest BCUT2D eigenvalue weighted by Crippen LogP contribution is -2.36. The van der Waals surface area contributed by atoms with Crippen molar-refractivity contribution < 1.29 is 35.9 Å². The van der Waals surface area contributed by atoms with Gasteiger partial charge in [0, 0.05) is 32.0 Å². The molecule has 0 amide bonds. The Bertz CT molecular complexity index is 1430. The molecule has 2 aromatic carbocycles. The van der Waals surface area contributed by atoms with Gasteiger partial charge in [0.2, 0.25) is 16.0 Å². The zero-order valence-electron chi connectivity index (χ0n) is 21.9. The molecule has 13 heteroatoms. The second-order valence-electron chi connectivity index (χ2n) is 9.28. The van der Waals surface area contributed by atoms with Crippen molar-refractivity contribution in [2.24, 2.45) is 5.92 Å². The fourth-order valence-electron chi connectivity index (χ4n) is 4.56. The molecule has 0 saturated heterocycles. The van der Waals surface area contributed by atoms with E-state index in [1.807, 2.05) is 6.92 Å². The van der Waals surface area contributed by atoms with Gasteiger partial charge in [-0.15, -0.1) is 13.2 Å². The lowest BCUT2D eigenvalue weighted by Gasteiger charge is -2.23. The molecule has 0 aliphatic heterocycles. The Hall–Kier alpha value is -3.71. The number of nitrogens with zero attached hydrogens (tertiary/aromatic N) is 3. The van der Waals surface area contributed by atoms with Crippen LogP contribution in [0, 0.1) is 5.92 Å². The van der Waals surface area contributed by atoms with Gasteiger partial charge in [0.1, 0.15) is 5.75 Å². The quantitative estimate of drug-likeness (QED) is 0.342. The van der Waals surface area contributed by atoms with Crippen LogP contribution < -0.4 is 14.4 Å². The van der Waals surface area contributed by atoms with Crippen molar-refractivity contribution in [2.75, 3.05) is 25.1 Å². The van der Waals surface area contributed by atoms with Crippen LogP contribution in [0.15, 0.2) is 59.8 Å². The molecule has 0 bridgehead atoms. The van der Waals surface area contributed by atoms with E-state index >= 15 is 0 Å². The number of hydrogen-bond acceptors (Lipinski definition) is 8. The van der Waals surface area contributed by atoms with Gasteiger partial charge in [-0.25, -0.2) is 23.1 Å². The van der Waals surface area contributed by atoms with Gasteiger partial charge in [-0.2, -0.15) is 0 Å². The molecular formula is C27H29F3N4O5S. The summed E-state index contributed by atoms with van der Waals surface area (Å²) in [5.41, 5.74) is 2.96. The predicted molar refractivity (Wildman–Crippen MR) is 140 cm³/mol. The fourth-order valence-corrected chi connectivity index (χ4v) is 5.87. The lowest BCUT2D eigenvalue weighted by atomic mass is 10.1. The van der Waals surface area contributed by atoms with Crippen molar-refractivity contribution in [3.63, 3.8) is 0 Å². The van der Waals surface area contributed by atoms with E-state index in [0.29, 0.717) is 23.5 Å². The van der Waals surface area contributed by atoms with Crippen LogP contribution in [-0.4, -0.2) is 50.9 Å². The van der Waals surface area contributed by atoms with Crippen LogP contribution in [0.1, 0.15) is 29.2 Å². The summed E-state index contributed by atoms with van der Waals surface area (Å²) >= 11 is 0. The van der Waals surface area contributed by atoms with E-state index in [9.17, 15) is 26.4 Å². The Kier molecular flexibility index (Phi) is 8.94. The number of ether oxygens (including phenoxy) is 2. The number of halogens is 3. The highest BCUT2D eigenvalue weighted by Gasteiger charge is 2.33. The highest BCUT2D eigenvalue weighted by molar-refractivity contribution is 7.89. The van der Waals surface area contributed by atoms with Crippen LogP contribution in [0.3, 0.4) is 0 Å². The number of aromatic nitrogens is 2. The summed E-state index contributed by atoms with van der Waals surface area (Å²) in [7, 11) is -2.61. The number of benzene rings is 2. The molecule has 1 aromatic heterocycles. The molecule has 40 heavy (non-hydrogen) atoms. The van der Waals surface area contributed by atoms with Crippen molar-refractivity contribution in [3.8, 4) is 5.75 Å². The van der Waals surface area contributed by atoms with Gasteiger partial charge < -0.3 is 14.4 Å². The molecular weight excluding hydrogens is 549 g/mol. The van der Waals surface area contributed by atoms with E-state index < -0.39 is 22.3 Å². The number of methoxy groups -OCH3 is 1. The SMILES string of the molecule is CCc1cnc(N(CCNS(=O)(=O)c2cccc3c2CC(C(=O)OC)C3)Cc2ccc(OC(F)(F)F)cc2)nc1. The van der Waals surface area contributed by atoms with E-state index in [4.69, 9.17) is 4.74 Å². The van der Waals surface area contributed by atoms with Gasteiger partial charge in [0.15, 0.2) is 0 Å². The maximum atomic E-state index is 13.3. The third kappa shape index (κ3) is 7.27. The number of nitrogens with one attached hydrogen (secondary N) is 1. The van der Waals surface area contributed by atoms with Crippen LogP contribution in [0.25, 0.3) is 0 Å². The molecule has 0 saturated carbocycles. The minimum Gasteiger partial charge on any atom is -0.469 e. The standard InChI is InChI=1S/C27H29F3N4O5S/c1-3-18-15-31-26(32-16-18)34(17-19-7-9-22(10-8-19)39-27(28,29)30)12-11-33-40(36,37)24-6-4-5-20-13-21(14-23(20)24)25(35)38-2/h4-10,15-16,21,33H,3,11-14,17H2,1-2H3. The molecule has 4 rings (SSSR count). The summed E-state index contributed by atoms with van der Waals surface area (Å²) in [4.78, 5) is 22.6. The molecule has 214 valence electrons. The van der Waals surface area contributed by atoms with Crippen molar-refractivity contribution in [1.29, 1.82) is 0 Å². The molecule has 1 aliphatic rings. The summed E-state index contributed by atoms with van der Waals surface area (Å²) < 4.78 is 75.5. The third-order valence-electron chi connectivity index (χ3n) is 6.56. The van der Waals surface area contributed by atoms with Crippen molar-refractivity contribution in [2.45, 2.75) is 44.0 Å². The van der Waals surface area contributed by atoms with E-state index in [-0.39, 0.29) is 42.7 Å². The molecule has 0 spiro atoms. The first-order valence-electron chi connectivity index (χ1n) is 12.6. The van der Waals surface area contributed by atoms with Crippen LogP contribution >= 0.6 is 0 Å². The largest absolute Gasteiger partial charge is 0.573 e. The van der Waals surface area contributed by atoms with Crippen molar-refractivity contribution in [3.05, 3.63) is 77.1 Å². The number of hydrogen-bond donors (Lipinski definition) is 1. The minimum absolute atomic E-state index is 0.000584. The van der Waals surface area contributed by atoms with Crippen LogP contribution in [0.5, 0.6) is 5.75 Å². The fraction of sp³-hybridized carbons (Fsp3) is 0.370. The van der Waals surface area contributed by atoms with Gasteiger partial charge in [-0.1, -0.05) is 31.2 Å². The molecule has 1 N–H and O–H groups in total. The minimum atomic E-state index is -4.79. The van der Waals surface area contributed by atoms with Crippen molar-refractivity contribution >= 4 is 21.9 Å². The maximum absolute atomic E-state index is 13.3. The van der Waals surface area contributed by atoms with E-state index in [2.05, 4.69) is 19.4 Å². The highest BCUT2D eigenvalue weighted by atomic mass is 32.2. The van der Waals surface area contributed by atoms with Gasteiger partial charge >= 0.3 is 12.3 Å². The average molecular weight is 579 g/mol. The number of anilines is 1. The number of alkyl halides is 3. The number of sulfonamides is 1. The maximum Gasteiger partial charge on any atom is 0.573 e. The van der Waals surface area contributed by atoms with Gasteiger partial charge in [0.25, 0.3) is 0 Å². The Balaban J connectivity index is 1.48. The number of rotatable bonds is 11. The Morgan fingerprint density at radius 3 is 2.40 bits per heavy atom. The van der Waals surface area contributed by atoms with Gasteiger partial charge in [-0.3, -0.25) is 4.79 Å². The van der Waals surface area contributed by atoms with E-state index in [1.54, 1.807) is 29.4 Å². The molecule has 0 fully saturated rings. The molecule has 1 atom stereocenters. The Labute approximate surface area is 230 Å². The van der Waals surface area contributed by atoms with Crippen molar-refractivity contribution in [1.82, 2.24) is 14.7 Å². The highest BCUT2D eigenvalue weighted by Crippen LogP contribution is 2.32. The summed E-state index contributed by atoms with van der Waals surface area (Å²) in [6, 6.07) is 10.4. The first-order chi connectivity index (χ1) is 19.0. The second-order valence-corrected chi connectivity index (χ2v) is 11.0. The monoisotopic (exact) mass is 578 g/mol. The molecule has 1 heterocycles. The molecule has 1 aliphatic carbocycles. The zero-order valence-corrected chi connectivity index (χ0v) is 22.8. The molecule has 3 aromatic rings. The zero-order chi connectivity index (χ0) is 28.9. The first-order valence-corrected chi connectivity index (χ1v) is 14.1. The van der Waals surface area contributed by atoms with Gasteiger partial charge in [0.05, 0.1) is 17.9 Å². The smallest absolute Gasteiger partial charge is 0.469 e. The molecule has 1 unspecified atom stereocenters. The number of esters is 1. The Morgan fingerprint density at radius 1 is 1.07 bits per heavy atom. The Morgan fingerprint density at radius 2 is 1.77 bits per heavy atom. The summed E-state index contributed by atoms with van der Waals surface area (Å²) in [5.74, 6) is -0.810. The average Bonchev–Trinajstić information content (AvgIpc) is 3.37. The normalized spacial score (nSPS) is 15.0. The van der Waals surface area contributed by atoms with E-state index in [0.717, 1.165) is 17.5 Å². The van der Waals surface area contributed by atoms with Gasteiger partial charge in [-0.05, 0) is 59.7 Å². The topological polar surface area (TPSA) is 111 Å². The van der Waals surface area contributed by atoms with Crippen LogP contribution in [0.2, 0.25) is 0 Å². The van der Waals surface area contributed by atoms with Crippen LogP contribution in [0.4, 0.5) is 19.1 Å². The predicted octanol–water partition coefficient (Wildman–Crippen LogP) is 3.81. The number of carbonyl (C=O) groups is 1. The molecule has 9 nitrogen and oxygen atoms in total. The first kappa shape index (κ1) is 29.3. The number of carbonyl (C=O) groups excluding carboxylic acids is 1. The number of aryl methyl sites for hydroxylation is 1. The summed E-state index contributed by atoms with van der Waals surface area (Å²) in [6.45, 7) is 2.34.